The maximum Gasteiger partial charge on any atom is 0.253 e. The van der Waals surface area contributed by atoms with Gasteiger partial charge < -0.3 is 0 Å². The molecule has 6 heteroatoms. The molecule has 3 aromatic rings. The molecule has 3 nitrogen and oxygen atoms in total. The molecular formula is C20H14Cl2N2OS. The quantitative estimate of drug-likeness (QED) is 0.534. The fourth-order valence-corrected chi connectivity index (χ4v) is 4.83. The number of amides is 1. The number of halogens is 2. The number of nitrogens with zero attached hydrogens (tertiary/aromatic N) is 2. The molecule has 0 fully saturated rings. The molecule has 0 bridgehead atoms. The highest BCUT2D eigenvalue weighted by Gasteiger charge is 2.49. The average molecular weight is 401 g/mol. The number of hydrogen-bond donors (Lipinski definition) is 0. The number of anilines is 2. The number of carbonyl (C=O) groups excluding carboxylic acids is 1. The minimum absolute atomic E-state index is 0.0709. The number of rotatable bonds is 3. The van der Waals surface area contributed by atoms with Crippen molar-refractivity contribution in [3.63, 3.8) is 0 Å². The van der Waals surface area contributed by atoms with E-state index in [0.29, 0.717) is 21.6 Å². The van der Waals surface area contributed by atoms with Crippen molar-refractivity contribution < 1.29 is 4.79 Å². The number of benzene rings is 2. The largest absolute Gasteiger partial charge is 0.272 e. The molecule has 0 saturated carbocycles. The molecule has 0 radical (unpaired) electrons. The Morgan fingerprint density at radius 2 is 1.69 bits per heavy atom. The molecule has 0 saturated heterocycles. The van der Waals surface area contributed by atoms with Crippen molar-refractivity contribution >= 4 is 52.4 Å². The molecule has 2 aromatic carbocycles. The maximum atomic E-state index is 13.5. The first kappa shape index (κ1) is 17.4. The van der Waals surface area contributed by atoms with Crippen LogP contribution in [0.5, 0.6) is 0 Å². The second-order valence-electron chi connectivity index (χ2n) is 6.09. The van der Waals surface area contributed by atoms with Gasteiger partial charge in [-0.2, -0.15) is 0 Å². The number of carbonyl (C=O) groups is 1. The smallest absolute Gasteiger partial charge is 0.253 e. The number of hydrogen-bond acceptors (Lipinski definition) is 3. The SMILES string of the molecule is CC1(Sc2ccccc2)C(=O)N(c2cc(Cl)cc(Cl)c2)c2ncccc21. The molecule has 2 heterocycles. The maximum absolute atomic E-state index is 13.5. The summed E-state index contributed by atoms with van der Waals surface area (Å²) in [6.07, 6.45) is 1.68. The highest BCUT2D eigenvalue weighted by Crippen LogP contribution is 2.52. The van der Waals surface area contributed by atoms with Gasteiger partial charge in [0.15, 0.2) is 0 Å². The molecule has 1 unspecified atom stereocenters. The zero-order valence-electron chi connectivity index (χ0n) is 13.8. The molecular weight excluding hydrogens is 387 g/mol. The summed E-state index contributed by atoms with van der Waals surface area (Å²) < 4.78 is -0.792. The van der Waals surface area contributed by atoms with Crippen LogP contribution in [-0.2, 0) is 9.54 Å². The summed E-state index contributed by atoms with van der Waals surface area (Å²) in [6, 6.07) is 18.8. The summed E-state index contributed by atoms with van der Waals surface area (Å²) in [7, 11) is 0. The van der Waals surface area contributed by atoms with E-state index in [1.54, 1.807) is 29.3 Å². The van der Waals surface area contributed by atoms with Crippen LogP contribution in [0.4, 0.5) is 11.5 Å². The van der Waals surface area contributed by atoms with Crippen LogP contribution >= 0.6 is 35.0 Å². The van der Waals surface area contributed by atoms with Gasteiger partial charge in [-0.05, 0) is 43.3 Å². The minimum Gasteiger partial charge on any atom is -0.272 e. The van der Waals surface area contributed by atoms with Crippen LogP contribution < -0.4 is 4.90 Å². The molecule has 1 aliphatic rings. The van der Waals surface area contributed by atoms with E-state index in [-0.39, 0.29) is 5.91 Å². The summed E-state index contributed by atoms with van der Waals surface area (Å²) in [5.74, 6) is 0.542. The Balaban J connectivity index is 1.85. The third-order valence-electron chi connectivity index (χ3n) is 4.29. The van der Waals surface area contributed by atoms with Crippen molar-refractivity contribution in [3.8, 4) is 0 Å². The topological polar surface area (TPSA) is 33.2 Å². The van der Waals surface area contributed by atoms with E-state index in [1.807, 2.05) is 49.4 Å². The van der Waals surface area contributed by atoms with Crippen LogP contribution in [0.25, 0.3) is 0 Å². The highest BCUT2D eigenvalue weighted by molar-refractivity contribution is 8.01. The zero-order chi connectivity index (χ0) is 18.3. The number of thioether (sulfide) groups is 1. The number of fused-ring (bicyclic) bond motifs is 1. The summed E-state index contributed by atoms with van der Waals surface area (Å²) >= 11 is 13.8. The van der Waals surface area contributed by atoms with E-state index in [0.717, 1.165) is 10.5 Å². The Bertz CT molecular complexity index is 976. The van der Waals surface area contributed by atoms with Crippen LogP contribution in [0.1, 0.15) is 12.5 Å². The van der Waals surface area contributed by atoms with E-state index in [1.165, 1.54) is 11.8 Å². The van der Waals surface area contributed by atoms with Gasteiger partial charge in [-0.25, -0.2) is 4.98 Å². The van der Waals surface area contributed by atoms with Gasteiger partial charge in [0.1, 0.15) is 10.6 Å². The Morgan fingerprint density at radius 3 is 2.38 bits per heavy atom. The van der Waals surface area contributed by atoms with E-state index >= 15 is 0 Å². The summed E-state index contributed by atoms with van der Waals surface area (Å²) in [6.45, 7) is 1.93. The molecule has 26 heavy (non-hydrogen) atoms. The van der Waals surface area contributed by atoms with Crippen LogP contribution in [0.15, 0.2) is 71.8 Å². The Morgan fingerprint density at radius 1 is 1.00 bits per heavy atom. The lowest BCUT2D eigenvalue weighted by Crippen LogP contribution is -2.33. The van der Waals surface area contributed by atoms with Crippen molar-refractivity contribution in [2.24, 2.45) is 0 Å². The molecule has 130 valence electrons. The lowest BCUT2D eigenvalue weighted by molar-refractivity contribution is -0.119. The molecule has 0 spiro atoms. The van der Waals surface area contributed by atoms with Crippen LogP contribution in [-0.4, -0.2) is 10.9 Å². The van der Waals surface area contributed by atoms with Crippen LogP contribution in [0.2, 0.25) is 10.0 Å². The van der Waals surface area contributed by atoms with Crippen molar-refractivity contribution in [3.05, 3.63) is 82.5 Å². The highest BCUT2D eigenvalue weighted by atomic mass is 35.5. The van der Waals surface area contributed by atoms with Gasteiger partial charge >= 0.3 is 0 Å². The predicted molar refractivity (Wildman–Crippen MR) is 107 cm³/mol. The van der Waals surface area contributed by atoms with Crippen molar-refractivity contribution in [1.29, 1.82) is 0 Å². The van der Waals surface area contributed by atoms with E-state index in [4.69, 9.17) is 23.2 Å². The molecule has 1 atom stereocenters. The van der Waals surface area contributed by atoms with Crippen molar-refractivity contribution in [1.82, 2.24) is 4.98 Å². The second kappa shape index (κ2) is 6.62. The molecule has 0 aliphatic carbocycles. The third kappa shape index (κ3) is 2.88. The van der Waals surface area contributed by atoms with Gasteiger partial charge in [-0.3, -0.25) is 9.69 Å². The van der Waals surface area contributed by atoms with Gasteiger partial charge in [-0.15, -0.1) is 11.8 Å². The van der Waals surface area contributed by atoms with Gasteiger partial charge in [0, 0.05) is 26.7 Å². The van der Waals surface area contributed by atoms with E-state index in [9.17, 15) is 4.79 Å². The lowest BCUT2D eigenvalue weighted by atomic mass is 10.0. The van der Waals surface area contributed by atoms with Crippen LogP contribution in [0, 0.1) is 0 Å². The number of aromatic nitrogens is 1. The van der Waals surface area contributed by atoms with Crippen molar-refractivity contribution in [2.75, 3.05) is 4.90 Å². The Kier molecular flexibility index (Phi) is 4.43. The minimum atomic E-state index is -0.792. The van der Waals surface area contributed by atoms with E-state index in [2.05, 4.69) is 4.98 Å². The Labute approximate surface area is 166 Å². The second-order valence-corrected chi connectivity index (χ2v) is 8.46. The molecule has 1 aromatic heterocycles. The van der Waals surface area contributed by atoms with Gasteiger partial charge in [0.25, 0.3) is 5.91 Å². The predicted octanol–water partition coefficient (Wildman–Crippen LogP) is 6.07. The molecule has 4 rings (SSSR count). The summed E-state index contributed by atoms with van der Waals surface area (Å²) in [5.41, 5.74) is 1.49. The normalized spacial score (nSPS) is 18.9. The first-order valence-corrected chi connectivity index (χ1v) is 9.56. The van der Waals surface area contributed by atoms with Gasteiger partial charge in [0.05, 0.1) is 5.69 Å². The fourth-order valence-electron chi connectivity index (χ4n) is 3.10. The zero-order valence-corrected chi connectivity index (χ0v) is 16.1. The lowest BCUT2D eigenvalue weighted by Gasteiger charge is -2.24. The average Bonchev–Trinajstić information content (AvgIpc) is 2.83. The fraction of sp³-hybridized carbons (Fsp3) is 0.100. The first-order valence-electron chi connectivity index (χ1n) is 7.99. The van der Waals surface area contributed by atoms with E-state index < -0.39 is 4.75 Å². The monoisotopic (exact) mass is 400 g/mol. The van der Waals surface area contributed by atoms with Gasteiger partial charge in [-0.1, -0.05) is 47.5 Å². The molecule has 1 amide bonds. The first-order chi connectivity index (χ1) is 12.5. The number of pyridine rings is 1. The Hall–Kier alpha value is -2.01. The van der Waals surface area contributed by atoms with Gasteiger partial charge in [0.2, 0.25) is 0 Å². The summed E-state index contributed by atoms with van der Waals surface area (Å²) in [5, 5.41) is 0.948. The standard InChI is InChI=1S/C20H14Cl2N2OS/c1-20(26-16-6-3-2-4-7-16)17-8-5-9-23-18(17)24(19(20)25)15-11-13(21)10-14(22)12-15/h2-12H,1H3. The summed E-state index contributed by atoms with van der Waals surface area (Å²) in [4.78, 5) is 20.6. The molecule has 1 aliphatic heterocycles. The van der Waals surface area contributed by atoms with Crippen LogP contribution in [0.3, 0.4) is 0 Å². The third-order valence-corrected chi connectivity index (χ3v) is 6.04. The van der Waals surface area contributed by atoms with Crippen molar-refractivity contribution in [2.45, 2.75) is 16.6 Å². The molecule has 0 N–H and O–H groups in total.